The lowest BCUT2D eigenvalue weighted by Crippen LogP contribution is -2.14. The molecule has 0 bridgehead atoms. The Balaban J connectivity index is 2.33. The average molecular weight is 349 g/mol. The topological polar surface area (TPSA) is 72.0 Å². The summed E-state index contributed by atoms with van der Waals surface area (Å²) in [5.74, 6) is 0.00193. The molecule has 0 aliphatic rings. The van der Waals surface area contributed by atoms with Crippen LogP contribution in [0.3, 0.4) is 0 Å². The maximum absolute atomic E-state index is 12.0. The van der Waals surface area contributed by atoms with Crippen LogP contribution in [0.2, 0.25) is 5.15 Å². The highest BCUT2D eigenvalue weighted by Crippen LogP contribution is 2.20. The molecule has 0 unspecified atom stereocenters. The summed E-state index contributed by atoms with van der Waals surface area (Å²) in [7, 11) is -3.71. The molecule has 1 heterocycles. The lowest BCUT2D eigenvalue weighted by molar-refractivity contribution is 0.601. The molecule has 2 rings (SSSR count). The number of anilines is 1. The number of aromatic nitrogens is 2. The van der Waals surface area contributed by atoms with Gasteiger partial charge in [-0.1, -0.05) is 27.5 Å². The zero-order chi connectivity index (χ0) is 13.2. The van der Waals surface area contributed by atoms with E-state index in [9.17, 15) is 8.42 Å². The van der Waals surface area contributed by atoms with Crippen LogP contribution in [0.15, 0.2) is 46.0 Å². The van der Waals surface area contributed by atoms with Crippen molar-refractivity contribution in [2.45, 2.75) is 4.90 Å². The molecule has 0 saturated carbocycles. The van der Waals surface area contributed by atoms with Gasteiger partial charge in [0.05, 0.1) is 4.90 Å². The van der Waals surface area contributed by atoms with Gasteiger partial charge in [-0.05, 0) is 24.3 Å². The minimum absolute atomic E-state index is 0.00168. The Morgan fingerprint density at radius 3 is 2.33 bits per heavy atom. The fraction of sp³-hybridized carbons (Fsp3) is 0. The fourth-order valence-corrected chi connectivity index (χ4v) is 2.68. The van der Waals surface area contributed by atoms with Crippen LogP contribution in [-0.4, -0.2) is 18.4 Å². The maximum Gasteiger partial charge on any atom is 0.263 e. The predicted octanol–water partition coefficient (Wildman–Crippen LogP) is 2.69. The molecule has 0 spiro atoms. The third kappa shape index (κ3) is 2.98. The number of nitrogens with one attached hydrogen (secondary N) is 1. The van der Waals surface area contributed by atoms with Crippen LogP contribution < -0.4 is 4.72 Å². The number of benzene rings is 1. The molecule has 0 atom stereocenters. The Morgan fingerprint density at radius 1 is 1.11 bits per heavy atom. The fourth-order valence-electron chi connectivity index (χ4n) is 1.19. The van der Waals surface area contributed by atoms with Gasteiger partial charge >= 0.3 is 0 Å². The molecule has 94 valence electrons. The van der Waals surface area contributed by atoms with E-state index in [-0.39, 0.29) is 15.9 Å². The first-order valence-electron chi connectivity index (χ1n) is 4.74. The summed E-state index contributed by atoms with van der Waals surface area (Å²) >= 11 is 8.97. The molecule has 1 aromatic heterocycles. The van der Waals surface area contributed by atoms with Crippen molar-refractivity contribution in [1.82, 2.24) is 9.97 Å². The highest BCUT2D eigenvalue weighted by Gasteiger charge is 2.16. The van der Waals surface area contributed by atoms with Gasteiger partial charge in [0.15, 0.2) is 11.0 Å². The van der Waals surface area contributed by atoms with E-state index in [0.717, 1.165) is 4.47 Å². The van der Waals surface area contributed by atoms with E-state index in [0.29, 0.717) is 0 Å². The second kappa shape index (κ2) is 5.21. The van der Waals surface area contributed by atoms with Crippen LogP contribution in [-0.2, 0) is 10.0 Å². The van der Waals surface area contributed by atoms with Gasteiger partial charge < -0.3 is 0 Å². The van der Waals surface area contributed by atoms with E-state index in [1.165, 1.54) is 24.5 Å². The van der Waals surface area contributed by atoms with Crippen molar-refractivity contribution in [2.24, 2.45) is 0 Å². The zero-order valence-corrected chi connectivity index (χ0v) is 12.0. The second-order valence-electron chi connectivity index (χ2n) is 3.26. The highest BCUT2D eigenvalue weighted by atomic mass is 79.9. The summed E-state index contributed by atoms with van der Waals surface area (Å²) in [4.78, 5) is 7.67. The molecule has 0 radical (unpaired) electrons. The first kappa shape index (κ1) is 13.3. The van der Waals surface area contributed by atoms with Crippen molar-refractivity contribution >= 4 is 43.4 Å². The van der Waals surface area contributed by atoms with Gasteiger partial charge in [-0.25, -0.2) is 18.4 Å². The van der Waals surface area contributed by atoms with Crippen LogP contribution in [0.25, 0.3) is 0 Å². The van der Waals surface area contributed by atoms with E-state index in [2.05, 4.69) is 30.6 Å². The molecular formula is C10H7BrClN3O2S. The van der Waals surface area contributed by atoms with Gasteiger partial charge in [-0.2, -0.15) is 0 Å². The smallest absolute Gasteiger partial charge is 0.261 e. The first-order valence-corrected chi connectivity index (χ1v) is 7.39. The van der Waals surface area contributed by atoms with Crippen molar-refractivity contribution in [3.05, 3.63) is 46.3 Å². The van der Waals surface area contributed by atoms with Gasteiger partial charge in [0.2, 0.25) is 0 Å². The molecule has 0 amide bonds. The Hall–Kier alpha value is -1.18. The molecule has 0 aliphatic heterocycles. The van der Waals surface area contributed by atoms with Crippen LogP contribution in [0.4, 0.5) is 5.82 Å². The van der Waals surface area contributed by atoms with Crippen molar-refractivity contribution < 1.29 is 8.42 Å². The number of rotatable bonds is 3. The Labute approximate surface area is 117 Å². The lowest BCUT2D eigenvalue weighted by atomic mass is 10.4. The molecule has 1 aromatic carbocycles. The number of hydrogen-bond donors (Lipinski definition) is 1. The van der Waals surface area contributed by atoms with Gasteiger partial charge in [0.25, 0.3) is 10.0 Å². The molecule has 0 saturated heterocycles. The Kier molecular flexibility index (Phi) is 3.84. The molecule has 0 fully saturated rings. The first-order chi connectivity index (χ1) is 8.49. The molecule has 1 N–H and O–H groups in total. The lowest BCUT2D eigenvalue weighted by Gasteiger charge is -2.07. The van der Waals surface area contributed by atoms with Gasteiger partial charge in [0.1, 0.15) is 0 Å². The van der Waals surface area contributed by atoms with E-state index in [1.54, 1.807) is 12.1 Å². The summed E-state index contributed by atoms with van der Waals surface area (Å²) < 4.78 is 27.1. The van der Waals surface area contributed by atoms with Gasteiger partial charge in [-0.15, -0.1) is 0 Å². The van der Waals surface area contributed by atoms with E-state index < -0.39 is 10.0 Å². The van der Waals surface area contributed by atoms with Crippen molar-refractivity contribution in [2.75, 3.05) is 4.72 Å². The van der Waals surface area contributed by atoms with Crippen LogP contribution in [0.1, 0.15) is 0 Å². The Bertz CT molecular complexity index is 661. The molecule has 5 nitrogen and oxygen atoms in total. The molecule has 0 aliphatic carbocycles. The normalized spacial score (nSPS) is 11.2. The minimum atomic E-state index is -3.71. The monoisotopic (exact) mass is 347 g/mol. The summed E-state index contributed by atoms with van der Waals surface area (Å²) in [6.07, 6.45) is 2.73. The zero-order valence-electron chi connectivity index (χ0n) is 8.84. The SMILES string of the molecule is O=S(=O)(Nc1nccnc1Cl)c1ccc(Br)cc1. The van der Waals surface area contributed by atoms with Crippen molar-refractivity contribution in [3.63, 3.8) is 0 Å². The molecular weight excluding hydrogens is 342 g/mol. The third-order valence-electron chi connectivity index (χ3n) is 2.01. The van der Waals surface area contributed by atoms with E-state index in [1.807, 2.05) is 0 Å². The van der Waals surface area contributed by atoms with Gasteiger partial charge in [-0.3, -0.25) is 4.72 Å². The second-order valence-corrected chi connectivity index (χ2v) is 6.21. The van der Waals surface area contributed by atoms with Crippen LogP contribution in [0.5, 0.6) is 0 Å². The standard InChI is InChI=1S/C10H7BrClN3O2S/c11-7-1-3-8(4-2-7)18(16,17)15-10-9(12)13-5-6-14-10/h1-6H,(H,14,15). The number of hydrogen-bond acceptors (Lipinski definition) is 4. The van der Waals surface area contributed by atoms with Crippen LogP contribution >= 0.6 is 27.5 Å². The van der Waals surface area contributed by atoms with E-state index in [4.69, 9.17) is 11.6 Å². The Morgan fingerprint density at radius 2 is 1.72 bits per heavy atom. The number of sulfonamides is 1. The van der Waals surface area contributed by atoms with Crippen LogP contribution in [0, 0.1) is 0 Å². The predicted molar refractivity (Wildman–Crippen MR) is 72.0 cm³/mol. The highest BCUT2D eigenvalue weighted by molar-refractivity contribution is 9.10. The summed E-state index contributed by atoms with van der Waals surface area (Å²) in [5.41, 5.74) is 0. The molecule has 2 aromatic rings. The van der Waals surface area contributed by atoms with E-state index >= 15 is 0 Å². The average Bonchev–Trinajstić information content (AvgIpc) is 2.32. The largest absolute Gasteiger partial charge is 0.263 e. The minimum Gasteiger partial charge on any atom is -0.261 e. The quantitative estimate of drug-likeness (QED) is 0.925. The summed E-state index contributed by atoms with van der Waals surface area (Å²) in [5, 5.41) is -0.00168. The number of nitrogens with zero attached hydrogens (tertiary/aromatic N) is 2. The van der Waals surface area contributed by atoms with Gasteiger partial charge in [0, 0.05) is 16.9 Å². The molecule has 18 heavy (non-hydrogen) atoms. The third-order valence-corrected chi connectivity index (χ3v) is 4.17. The number of halogens is 2. The molecule has 8 heteroatoms. The summed E-state index contributed by atoms with van der Waals surface area (Å²) in [6, 6.07) is 6.20. The maximum atomic E-state index is 12.0. The van der Waals surface area contributed by atoms with Crippen molar-refractivity contribution in [1.29, 1.82) is 0 Å². The summed E-state index contributed by atoms with van der Waals surface area (Å²) in [6.45, 7) is 0. The van der Waals surface area contributed by atoms with Crippen molar-refractivity contribution in [3.8, 4) is 0 Å².